The van der Waals surface area contributed by atoms with Gasteiger partial charge < -0.3 is 16.5 Å². The lowest BCUT2D eigenvalue weighted by molar-refractivity contribution is -0.384. The van der Waals surface area contributed by atoms with E-state index in [0.29, 0.717) is 0 Å². The summed E-state index contributed by atoms with van der Waals surface area (Å²) < 4.78 is 0. The maximum atomic E-state index is 12.0. The number of nitrogens with two attached hydrogens (primary N) is 2. The van der Waals surface area contributed by atoms with Crippen LogP contribution in [0.4, 0.5) is 11.4 Å². The highest BCUT2D eigenvalue weighted by atomic mass is 35.5. The zero-order chi connectivity index (χ0) is 16.2. The molecule has 2 amide bonds. The number of benzene rings is 1. The van der Waals surface area contributed by atoms with Crippen molar-refractivity contribution in [1.82, 2.24) is 5.32 Å². The first-order valence-electron chi connectivity index (χ1n) is 5.80. The molecule has 21 heavy (non-hydrogen) atoms. The number of amides is 2. The summed E-state index contributed by atoms with van der Waals surface area (Å²) in [5, 5.41) is 13.3. The summed E-state index contributed by atoms with van der Waals surface area (Å²) in [6.07, 6.45) is -0.0516. The Balaban J connectivity index is 3.06. The van der Waals surface area contributed by atoms with Crippen LogP contribution in [0.25, 0.3) is 0 Å². The summed E-state index contributed by atoms with van der Waals surface area (Å²) in [5.74, 6) is 3.97. The Hall–Kier alpha value is -2.39. The number of nitrogens with one attached hydrogen (secondary N) is 2. The van der Waals surface area contributed by atoms with Gasteiger partial charge in [-0.05, 0) is 13.0 Å². The maximum Gasteiger partial charge on any atom is 0.295 e. The molecule has 114 valence electrons. The molecule has 0 saturated heterocycles. The molecule has 0 saturated carbocycles. The maximum absolute atomic E-state index is 12.0. The van der Waals surface area contributed by atoms with Gasteiger partial charge in [-0.2, -0.15) is 0 Å². The van der Waals surface area contributed by atoms with Gasteiger partial charge >= 0.3 is 0 Å². The molecule has 0 bridgehead atoms. The molecule has 0 heterocycles. The lowest BCUT2D eigenvalue weighted by Gasteiger charge is -2.13. The molecule has 0 aromatic heterocycles. The number of nitrogen functional groups attached to an aromatic ring is 1. The largest absolute Gasteiger partial charge is 0.370 e. The van der Waals surface area contributed by atoms with E-state index in [1.54, 1.807) is 6.92 Å². The third-order valence-electron chi connectivity index (χ3n) is 2.56. The number of nitrogens with zero attached hydrogens (tertiary/aromatic N) is 1. The van der Waals surface area contributed by atoms with Crippen molar-refractivity contribution in [3.8, 4) is 0 Å². The van der Waals surface area contributed by atoms with Crippen LogP contribution in [0.1, 0.15) is 23.7 Å². The average Bonchev–Trinajstić information content (AvgIpc) is 2.36. The topological polar surface area (TPSA) is 153 Å². The summed E-state index contributed by atoms with van der Waals surface area (Å²) in [6.45, 7) is 1.58. The lowest BCUT2D eigenvalue weighted by Crippen LogP contribution is -2.35. The van der Waals surface area contributed by atoms with E-state index in [-0.39, 0.29) is 22.7 Å². The molecule has 6 N–H and O–H groups in total. The Morgan fingerprint density at radius 1 is 1.48 bits per heavy atom. The van der Waals surface area contributed by atoms with Gasteiger partial charge in [0.2, 0.25) is 5.91 Å². The van der Waals surface area contributed by atoms with Crippen molar-refractivity contribution >= 4 is 34.8 Å². The van der Waals surface area contributed by atoms with Crippen LogP contribution in [0.3, 0.4) is 0 Å². The number of hydrazine groups is 1. The van der Waals surface area contributed by atoms with Crippen molar-refractivity contribution in [2.24, 2.45) is 11.6 Å². The normalized spacial score (nSPS) is 11.6. The number of carbonyl (C=O) groups excluding carboxylic acids is 2. The van der Waals surface area contributed by atoms with Crippen molar-refractivity contribution in [1.29, 1.82) is 0 Å². The van der Waals surface area contributed by atoms with Crippen LogP contribution in [-0.4, -0.2) is 22.8 Å². The highest BCUT2D eigenvalue weighted by molar-refractivity contribution is 6.34. The number of hydrogen-bond acceptors (Lipinski definition) is 6. The van der Waals surface area contributed by atoms with Crippen LogP contribution in [0.15, 0.2) is 12.1 Å². The number of primary amides is 1. The molecule has 10 heteroatoms. The molecule has 0 spiro atoms. The van der Waals surface area contributed by atoms with Crippen LogP contribution in [0, 0.1) is 10.1 Å². The molecular formula is C11H14ClN5O4. The van der Waals surface area contributed by atoms with Gasteiger partial charge in [0.15, 0.2) is 0 Å². The quantitative estimate of drug-likeness (QED) is 0.341. The molecule has 0 aliphatic rings. The molecule has 1 aromatic rings. The van der Waals surface area contributed by atoms with Crippen LogP contribution < -0.4 is 22.3 Å². The number of hydrogen-bond donors (Lipinski definition) is 4. The molecular weight excluding hydrogens is 302 g/mol. The Bertz CT molecular complexity index is 592. The molecule has 0 aliphatic heterocycles. The number of nitro groups is 1. The number of halogens is 1. The summed E-state index contributed by atoms with van der Waals surface area (Å²) >= 11 is 5.84. The van der Waals surface area contributed by atoms with Crippen LogP contribution >= 0.6 is 11.6 Å². The zero-order valence-electron chi connectivity index (χ0n) is 11.1. The van der Waals surface area contributed by atoms with Crippen molar-refractivity contribution < 1.29 is 14.5 Å². The van der Waals surface area contributed by atoms with Gasteiger partial charge in [0.1, 0.15) is 5.69 Å². The molecule has 1 aromatic carbocycles. The predicted octanol–water partition coefficient (Wildman–Crippen LogP) is 0.527. The second-order valence-electron chi connectivity index (χ2n) is 4.30. The fraction of sp³-hybridized carbons (Fsp3) is 0.273. The SMILES string of the molecule is CC(CC(N)=O)NC(=O)c1cc(Cl)c(NN)c([N+](=O)[O-])c1. The van der Waals surface area contributed by atoms with Crippen LogP contribution in [0.5, 0.6) is 0 Å². The van der Waals surface area contributed by atoms with Gasteiger partial charge in [0, 0.05) is 24.1 Å². The molecule has 0 fully saturated rings. The van der Waals surface area contributed by atoms with Crippen molar-refractivity contribution in [2.45, 2.75) is 19.4 Å². The standard InChI is InChI=1S/C11H14ClN5O4/c1-5(2-9(13)18)15-11(19)6-3-7(12)10(16-14)8(4-6)17(20)21/h3-5,16H,2,14H2,1H3,(H2,13,18)(H,15,19). The third kappa shape index (κ3) is 4.29. The van der Waals surface area contributed by atoms with Crippen LogP contribution in [0.2, 0.25) is 5.02 Å². The Morgan fingerprint density at radius 3 is 2.57 bits per heavy atom. The minimum atomic E-state index is -0.718. The van der Waals surface area contributed by atoms with E-state index in [9.17, 15) is 19.7 Å². The van der Waals surface area contributed by atoms with Gasteiger partial charge in [0.05, 0.1) is 9.95 Å². The minimum absolute atomic E-state index is 0.0259. The Morgan fingerprint density at radius 2 is 2.10 bits per heavy atom. The van der Waals surface area contributed by atoms with Gasteiger partial charge in [-0.25, -0.2) is 0 Å². The first-order chi connectivity index (χ1) is 9.76. The van der Waals surface area contributed by atoms with Crippen molar-refractivity contribution in [2.75, 3.05) is 5.43 Å². The minimum Gasteiger partial charge on any atom is -0.370 e. The second kappa shape index (κ2) is 6.86. The summed E-state index contributed by atoms with van der Waals surface area (Å²) in [6, 6.07) is 1.75. The second-order valence-corrected chi connectivity index (χ2v) is 4.71. The Kier molecular flexibility index (Phi) is 5.44. The van der Waals surface area contributed by atoms with Crippen molar-refractivity contribution in [3.63, 3.8) is 0 Å². The Labute approximate surface area is 124 Å². The third-order valence-corrected chi connectivity index (χ3v) is 2.86. The van der Waals surface area contributed by atoms with Gasteiger partial charge in [0.25, 0.3) is 11.6 Å². The van der Waals surface area contributed by atoms with Crippen molar-refractivity contribution in [3.05, 3.63) is 32.8 Å². The molecule has 1 unspecified atom stereocenters. The van der Waals surface area contributed by atoms with E-state index in [4.69, 9.17) is 23.2 Å². The van der Waals surface area contributed by atoms with Gasteiger partial charge in [-0.15, -0.1) is 0 Å². The smallest absolute Gasteiger partial charge is 0.295 e. The number of carbonyl (C=O) groups is 2. The van der Waals surface area contributed by atoms with E-state index in [1.165, 1.54) is 6.07 Å². The number of rotatable bonds is 6. The molecule has 0 radical (unpaired) electrons. The number of nitro benzene ring substituents is 1. The fourth-order valence-corrected chi connectivity index (χ4v) is 1.94. The van der Waals surface area contributed by atoms with Gasteiger partial charge in [-0.1, -0.05) is 11.6 Å². The van der Waals surface area contributed by atoms with E-state index in [0.717, 1.165) is 6.07 Å². The lowest BCUT2D eigenvalue weighted by atomic mass is 10.1. The summed E-state index contributed by atoms with van der Waals surface area (Å²) in [4.78, 5) is 32.9. The van der Waals surface area contributed by atoms with E-state index < -0.39 is 28.5 Å². The first-order valence-corrected chi connectivity index (χ1v) is 6.17. The predicted molar refractivity (Wildman–Crippen MR) is 76.7 cm³/mol. The molecule has 9 nitrogen and oxygen atoms in total. The first kappa shape index (κ1) is 16.7. The van der Waals surface area contributed by atoms with Gasteiger partial charge in [-0.3, -0.25) is 25.5 Å². The average molecular weight is 316 g/mol. The number of anilines is 1. The molecule has 0 aliphatic carbocycles. The van der Waals surface area contributed by atoms with E-state index in [2.05, 4.69) is 10.7 Å². The van der Waals surface area contributed by atoms with E-state index >= 15 is 0 Å². The molecule has 1 rings (SSSR count). The molecule has 1 atom stereocenters. The summed E-state index contributed by atoms with van der Waals surface area (Å²) in [7, 11) is 0. The zero-order valence-corrected chi connectivity index (χ0v) is 11.8. The van der Waals surface area contributed by atoms with E-state index in [1.807, 2.05) is 0 Å². The monoisotopic (exact) mass is 315 g/mol. The van der Waals surface area contributed by atoms with Crippen LogP contribution in [-0.2, 0) is 4.79 Å². The highest BCUT2D eigenvalue weighted by Gasteiger charge is 2.21. The highest BCUT2D eigenvalue weighted by Crippen LogP contribution is 2.32. The summed E-state index contributed by atoms with van der Waals surface area (Å²) in [5.41, 5.74) is 6.57. The fourth-order valence-electron chi connectivity index (χ4n) is 1.67.